The highest BCUT2D eigenvalue weighted by atomic mass is 16.3. The van der Waals surface area contributed by atoms with Crippen LogP contribution in [0.2, 0.25) is 0 Å². The number of unbranched alkanes of at least 4 members (excludes halogenated alkanes) is 1. The fourth-order valence-corrected chi connectivity index (χ4v) is 2.42. The lowest BCUT2D eigenvalue weighted by molar-refractivity contribution is 0.459. The molecule has 0 spiro atoms. The predicted molar refractivity (Wildman–Crippen MR) is 70.2 cm³/mol. The average molecular weight is 220 g/mol. The third-order valence-corrected chi connectivity index (χ3v) is 3.33. The van der Waals surface area contributed by atoms with E-state index in [2.05, 4.69) is 33.8 Å². The van der Waals surface area contributed by atoms with Crippen LogP contribution >= 0.6 is 0 Å². The molecule has 0 fully saturated rings. The van der Waals surface area contributed by atoms with Gasteiger partial charge < -0.3 is 5.11 Å². The van der Waals surface area contributed by atoms with Gasteiger partial charge in [0.2, 0.25) is 0 Å². The molecule has 16 heavy (non-hydrogen) atoms. The molecule has 90 valence electrons. The second kappa shape index (κ2) is 5.93. The van der Waals surface area contributed by atoms with E-state index in [1.165, 1.54) is 17.5 Å². The molecule has 1 aromatic carbocycles. The molecular formula is C15H24O. The van der Waals surface area contributed by atoms with E-state index >= 15 is 0 Å². The number of hydrogen-bond acceptors (Lipinski definition) is 1. The van der Waals surface area contributed by atoms with Crippen molar-refractivity contribution in [3.63, 3.8) is 0 Å². The van der Waals surface area contributed by atoms with Crippen molar-refractivity contribution in [1.29, 1.82) is 0 Å². The van der Waals surface area contributed by atoms with Crippen LogP contribution in [0.25, 0.3) is 0 Å². The summed E-state index contributed by atoms with van der Waals surface area (Å²) in [6, 6.07) is 2.17. The molecule has 0 saturated carbocycles. The van der Waals surface area contributed by atoms with E-state index in [0.717, 1.165) is 36.8 Å². The Hall–Kier alpha value is -0.980. The van der Waals surface area contributed by atoms with Crippen molar-refractivity contribution in [3.05, 3.63) is 28.3 Å². The highest BCUT2D eigenvalue weighted by molar-refractivity contribution is 5.49. The summed E-state index contributed by atoms with van der Waals surface area (Å²) < 4.78 is 0. The minimum Gasteiger partial charge on any atom is -0.507 e. The van der Waals surface area contributed by atoms with Crippen molar-refractivity contribution in [2.75, 3.05) is 0 Å². The summed E-state index contributed by atoms with van der Waals surface area (Å²) in [4.78, 5) is 0. The molecule has 0 heterocycles. The first-order chi connectivity index (χ1) is 7.65. The largest absolute Gasteiger partial charge is 0.507 e. The third-order valence-electron chi connectivity index (χ3n) is 3.33. The number of hydrogen-bond donors (Lipinski definition) is 1. The highest BCUT2D eigenvalue weighted by Crippen LogP contribution is 2.31. The summed E-state index contributed by atoms with van der Waals surface area (Å²) in [7, 11) is 0. The molecule has 0 aliphatic heterocycles. The van der Waals surface area contributed by atoms with Gasteiger partial charge in [-0.15, -0.1) is 0 Å². The molecule has 0 aliphatic carbocycles. The lowest BCUT2D eigenvalue weighted by Gasteiger charge is -2.16. The summed E-state index contributed by atoms with van der Waals surface area (Å²) in [5.74, 6) is 0.554. The van der Waals surface area contributed by atoms with Crippen LogP contribution in [0.4, 0.5) is 0 Å². The maximum atomic E-state index is 10.3. The van der Waals surface area contributed by atoms with Gasteiger partial charge in [0.15, 0.2) is 0 Å². The molecule has 0 saturated heterocycles. The van der Waals surface area contributed by atoms with E-state index in [1.807, 2.05) is 0 Å². The summed E-state index contributed by atoms with van der Waals surface area (Å²) in [5, 5.41) is 10.3. The van der Waals surface area contributed by atoms with Crippen molar-refractivity contribution in [3.8, 4) is 5.75 Å². The normalized spacial score (nSPS) is 10.8. The van der Waals surface area contributed by atoms with Gasteiger partial charge >= 0.3 is 0 Å². The summed E-state index contributed by atoms with van der Waals surface area (Å²) in [6.07, 6.45) is 5.27. The van der Waals surface area contributed by atoms with Gasteiger partial charge in [0.1, 0.15) is 5.75 Å². The first kappa shape index (κ1) is 13.1. The molecule has 1 rings (SSSR count). The Morgan fingerprint density at radius 2 is 1.69 bits per heavy atom. The molecule has 0 unspecified atom stereocenters. The molecule has 0 aromatic heterocycles. The van der Waals surface area contributed by atoms with Gasteiger partial charge in [-0.1, -0.05) is 33.3 Å². The second-order valence-corrected chi connectivity index (χ2v) is 4.47. The van der Waals surface area contributed by atoms with Crippen LogP contribution in [0, 0.1) is 6.92 Å². The van der Waals surface area contributed by atoms with Crippen LogP contribution in [-0.2, 0) is 19.3 Å². The molecule has 1 nitrogen and oxygen atoms in total. The number of benzene rings is 1. The third kappa shape index (κ3) is 2.58. The first-order valence-electron chi connectivity index (χ1n) is 6.48. The zero-order valence-corrected chi connectivity index (χ0v) is 11.1. The zero-order chi connectivity index (χ0) is 12.1. The quantitative estimate of drug-likeness (QED) is 0.789. The van der Waals surface area contributed by atoms with Crippen LogP contribution < -0.4 is 0 Å². The van der Waals surface area contributed by atoms with E-state index in [4.69, 9.17) is 0 Å². The van der Waals surface area contributed by atoms with Crippen LogP contribution in [0.3, 0.4) is 0 Å². The lowest BCUT2D eigenvalue weighted by Crippen LogP contribution is -1.99. The van der Waals surface area contributed by atoms with Gasteiger partial charge in [-0.2, -0.15) is 0 Å². The summed E-state index contributed by atoms with van der Waals surface area (Å²) in [5.41, 5.74) is 4.96. The molecule has 0 aliphatic rings. The van der Waals surface area contributed by atoms with Crippen molar-refractivity contribution < 1.29 is 5.11 Å². The highest BCUT2D eigenvalue weighted by Gasteiger charge is 2.12. The Kier molecular flexibility index (Phi) is 4.85. The monoisotopic (exact) mass is 220 g/mol. The standard InChI is InChI=1S/C15H24O/c1-5-8-9-12-10-11(4)13(6-2)14(7-3)15(12)16/h10,16H,5-9H2,1-4H3. The Morgan fingerprint density at radius 3 is 2.19 bits per heavy atom. The van der Waals surface area contributed by atoms with Gasteiger partial charge in [0.05, 0.1) is 0 Å². The van der Waals surface area contributed by atoms with Crippen molar-refractivity contribution in [2.24, 2.45) is 0 Å². The van der Waals surface area contributed by atoms with Gasteiger partial charge in [0.25, 0.3) is 0 Å². The zero-order valence-electron chi connectivity index (χ0n) is 11.1. The van der Waals surface area contributed by atoms with Gasteiger partial charge in [-0.25, -0.2) is 0 Å². The van der Waals surface area contributed by atoms with Crippen LogP contribution in [0.1, 0.15) is 55.9 Å². The minimum absolute atomic E-state index is 0.554. The molecule has 1 aromatic rings. The van der Waals surface area contributed by atoms with Crippen LogP contribution in [-0.4, -0.2) is 5.11 Å². The van der Waals surface area contributed by atoms with Gasteiger partial charge in [-0.3, -0.25) is 0 Å². The maximum absolute atomic E-state index is 10.3. The molecule has 0 radical (unpaired) electrons. The second-order valence-electron chi connectivity index (χ2n) is 4.47. The molecule has 0 amide bonds. The first-order valence-corrected chi connectivity index (χ1v) is 6.48. The van der Waals surface area contributed by atoms with E-state index in [-0.39, 0.29) is 0 Å². The molecular weight excluding hydrogens is 196 g/mol. The van der Waals surface area contributed by atoms with Crippen molar-refractivity contribution >= 4 is 0 Å². The molecule has 0 atom stereocenters. The van der Waals surface area contributed by atoms with E-state index in [0.29, 0.717) is 5.75 Å². The Morgan fingerprint density at radius 1 is 1.06 bits per heavy atom. The smallest absolute Gasteiger partial charge is 0.122 e. The summed E-state index contributed by atoms with van der Waals surface area (Å²) >= 11 is 0. The number of aryl methyl sites for hydroxylation is 2. The van der Waals surface area contributed by atoms with Crippen LogP contribution in [0.15, 0.2) is 6.07 Å². The van der Waals surface area contributed by atoms with E-state index in [9.17, 15) is 5.11 Å². The average Bonchev–Trinajstić information content (AvgIpc) is 2.29. The fraction of sp³-hybridized carbons (Fsp3) is 0.600. The van der Waals surface area contributed by atoms with Crippen molar-refractivity contribution in [1.82, 2.24) is 0 Å². The van der Waals surface area contributed by atoms with E-state index in [1.54, 1.807) is 0 Å². The van der Waals surface area contributed by atoms with Gasteiger partial charge in [-0.05, 0) is 54.9 Å². The molecule has 0 bridgehead atoms. The van der Waals surface area contributed by atoms with Crippen LogP contribution in [0.5, 0.6) is 5.75 Å². The van der Waals surface area contributed by atoms with E-state index < -0.39 is 0 Å². The maximum Gasteiger partial charge on any atom is 0.122 e. The minimum atomic E-state index is 0.554. The Labute approximate surface area is 99.5 Å². The Bertz CT molecular complexity index is 353. The Balaban J connectivity index is 3.17. The lowest BCUT2D eigenvalue weighted by atomic mass is 9.92. The molecule has 1 N–H and O–H groups in total. The number of aromatic hydroxyl groups is 1. The molecule has 1 heteroatoms. The number of phenolic OH excluding ortho intramolecular Hbond substituents is 1. The SMILES string of the molecule is CCCCc1cc(C)c(CC)c(CC)c1O. The number of rotatable bonds is 5. The topological polar surface area (TPSA) is 20.2 Å². The predicted octanol–water partition coefficient (Wildman–Crippen LogP) is 4.17. The fourth-order valence-electron chi connectivity index (χ4n) is 2.42. The van der Waals surface area contributed by atoms with Gasteiger partial charge in [0, 0.05) is 0 Å². The number of phenols is 1. The van der Waals surface area contributed by atoms with Crippen molar-refractivity contribution in [2.45, 2.75) is 59.8 Å². The summed E-state index contributed by atoms with van der Waals surface area (Å²) in [6.45, 7) is 8.63.